The summed E-state index contributed by atoms with van der Waals surface area (Å²) in [5.41, 5.74) is 0.734. The second-order valence-electron chi connectivity index (χ2n) is 4.13. The zero-order valence-electron chi connectivity index (χ0n) is 11.3. The molecule has 0 aromatic heterocycles. The number of nitrogens with one attached hydrogen (secondary N) is 2. The molecule has 1 atom stereocenters. The van der Waals surface area contributed by atoms with E-state index in [0.29, 0.717) is 30.3 Å². The van der Waals surface area contributed by atoms with E-state index in [1.807, 2.05) is 0 Å². The first-order chi connectivity index (χ1) is 9.21. The number of carbonyl (C=O) groups is 1. The zero-order chi connectivity index (χ0) is 13.8. The summed E-state index contributed by atoms with van der Waals surface area (Å²) in [4.78, 5) is 11.9. The molecular formula is C13H18N2O4. The molecule has 0 radical (unpaired) electrons. The molecule has 2 N–H and O–H groups in total. The lowest BCUT2D eigenvalue weighted by Crippen LogP contribution is -2.47. The third-order valence-corrected chi connectivity index (χ3v) is 3.08. The molecule has 1 saturated heterocycles. The second kappa shape index (κ2) is 5.79. The standard InChI is InChI=1S/C13H18N2O4/c1-17-9-7-11(19-3)10(18-2)6-8(9)12-13(16)15-5-4-14-12/h6-7,12,14H,4-5H2,1-3H3,(H,15,16). The summed E-state index contributed by atoms with van der Waals surface area (Å²) in [6, 6.07) is 3.04. The van der Waals surface area contributed by atoms with Crippen molar-refractivity contribution in [2.75, 3.05) is 34.4 Å². The number of methoxy groups -OCH3 is 3. The van der Waals surface area contributed by atoms with Crippen molar-refractivity contribution >= 4 is 5.91 Å². The zero-order valence-corrected chi connectivity index (χ0v) is 11.3. The minimum absolute atomic E-state index is 0.0724. The summed E-state index contributed by atoms with van der Waals surface area (Å²) < 4.78 is 15.8. The van der Waals surface area contributed by atoms with Gasteiger partial charge in [-0.05, 0) is 6.07 Å². The molecule has 1 heterocycles. The number of carbonyl (C=O) groups excluding carboxylic acids is 1. The molecule has 104 valence electrons. The van der Waals surface area contributed by atoms with E-state index in [1.165, 1.54) is 0 Å². The lowest BCUT2D eigenvalue weighted by molar-refractivity contribution is -0.124. The third kappa shape index (κ3) is 2.58. The van der Waals surface area contributed by atoms with Gasteiger partial charge in [0.15, 0.2) is 11.5 Å². The van der Waals surface area contributed by atoms with Gasteiger partial charge < -0.3 is 24.8 Å². The van der Waals surface area contributed by atoms with Crippen molar-refractivity contribution in [2.24, 2.45) is 0 Å². The van der Waals surface area contributed by atoms with Crippen LogP contribution >= 0.6 is 0 Å². The Hall–Kier alpha value is -1.95. The number of piperazine rings is 1. The molecule has 6 heteroatoms. The van der Waals surface area contributed by atoms with E-state index in [-0.39, 0.29) is 5.91 Å². The van der Waals surface area contributed by atoms with Crippen molar-refractivity contribution in [1.29, 1.82) is 0 Å². The first kappa shape index (κ1) is 13.5. The minimum atomic E-state index is -0.441. The van der Waals surface area contributed by atoms with Gasteiger partial charge in [0.1, 0.15) is 11.8 Å². The fraction of sp³-hybridized carbons (Fsp3) is 0.462. The molecule has 1 unspecified atom stereocenters. The van der Waals surface area contributed by atoms with Crippen LogP contribution in [0.1, 0.15) is 11.6 Å². The van der Waals surface area contributed by atoms with Gasteiger partial charge in [-0.25, -0.2) is 0 Å². The van der Waals surface area contributed by atoms with Crippen molar-refractivity contribution < 1.29 is 19.0 Å². The molecule has 0 spiro atoms. The maximum Gasteiger partial charge on any atom is 0.241 e. The Balaban J connectivity index is 2.45. The molecule has 0 bridgehead atoms. The van der Waals surface area contributed by atoms with Crippen molar-refractivity contribution in [3.63, 3.8) is 0 Å². The van der Waals surface area contributed by atoms with Crippen molar-refractivity contribution in [3.05, 3.63) is 17.7 Å². The molecule has 1 aliphatic heterocycles. The lowest BCUT2D eigenvalue weighted by Gasteiger charge is -2.25. The highest BCUT2D eigenvalue weighted by molar-refractivity contribution is 5.85. The van der Waals surface area contributed by atoms with E-state index in [2.05, 4.69) is 10.6 Å². The van der Waals surface area contributed by atoms with E-state index < -0.39 is 6.04 Å². The topological polar surface area (TPSA) is 68.8 Å². The molecule has 0 aliphatic carbocycles. The number of hydrogen-bond acceptors (Lipinski definition) is 5. The summed E-state index contributed by atoms with van der Waals surface area (Å²) in [7, 11) is 4.68. The molecule has 1 aromatic carbocycles. The van der Waals surface area contributed by atoms with Gasteiger partial charge >= 0.3 is 0 Å². The van der Waals surface area contributed by atoms with Crippen molar-refractivity contribution in [2.45, 2.75) is 6.04 Å². The molecule has 1 aliphatic rings. The summed E-state index contributed by atoms with van der Waals surface area (Å²) >= 11 is 0. The SMILES string of the molecule is COc1cc(OC)c(C2NCCNC2=O)cc1OC. The molecule has 1 amide bonds. The summed E-state index contributed by atoms with van der Waals surface area (Å²) in [5.74, 6) is 1.65. The Kier molecular flexibility index (Phi) is 4.11. The van der Waals surface area contributed by atoms with Gasteiger partial charge in [0.2, 0.25) is 5.91 Å². The molecule has 2 rings (SSSR count). The van der Waals surface area contributed by atoms with Crippen LogP contribution in [0.25, 0.3) is 0 Å². The highest BCUT2D eigenvalue weighted by Gasteiger charge is 2.27. The molecule has 19 heavy (non-hydrogen) atoms. The summed E-state index contributed by atoms with van der Waals surface area (Å²) in [6.07, 6.45) is 0. The molecular weight excluding hydrogens is 248 g/mol. The second-order valence-corrected chi connectivity index (χ2v) is 4.13. The number of rotatable bonds is 4. The van der Waals surface area contributed by atoms with Gasteiger partial charge in [-0.1, -0.05) is 0 Å². The van der Waals surface area contributed by atoms with Gasteiger partial charge in [-0.15, -0.1) is 0 Å². The van der Waals surface area contributed by atoms with Gasteiger partial charge in [0.05, 0.1) is 21.3 Å². The van der Waals surface area contributed by atoms with E-state index in [0.717, 1.165) is 5.56 Å². The van der Waals surface area contributed by atoms with Gasteiger partial charge in [-0.3, -0.25) is 4.79 Å². The highest BCUT2D eigenvalue weighted by atomic mass is 16.5. The number of hydrogen-bond donors (Lipinski definition) is 2. The maximum absolute atomic E-state index is 11.9. The number of amides is 1. The van der Waals surface area contributed by atoms with Gasteiger partial charge in [-0.2, -0.15) is 0 Å². The molecule has 1 fully saturated rings. The summed E-state index contributed by atoms with van der Waals surface area (Å²) in [6.45, 7) is 1.35. The average Bonchev–Trinajstić information content (AvgIpc) is 2.46. The van der Waals surface area contributed by atoms with E-state index >= 15 is 0 Å². The van der Waals surface area contributed by atoms with Gasteiger partial charge in [0.25, 0.3) is 0 Å². The Morgan fingerprint density at radius 3 is 2.21 bits per heavy atom. The van der Waals surface area contributed by atoms with Crippen LogP contribution in [-0.4, -0.2) is 40.3 Å². The van der Waals surface area contributed by atoms with Crippen LogP contribution in [0, 0.1) is 0 Å². The minimum Gasteiger partial charge on any atom is -0.496 e. The van der Waals surface area contributed by atoms with E-state index in [9.17, 15) is 4.79 Å². The van der Waals surface area contributed by atoms with Crippen LogP contribution in [0.5, 0.6) is 17.2 Å². The van der Waals surface area contributed by atoms with Crippen LogP contribution in [0.15, 0.2) is 12.1 Å². The first-order valence-electron chi connectivity index (χ1n) is 6.02. The number of ether oxygens (including phenoxy) is 3. The van der Waals surface area contributed by atoms with Crippen LogP contribution in [0.3, 0.4) is 0 Å². The number of benzene rings is 1. The van der Waals surface area contributed by atoms with E-state index in [4.69, 9.17) is 14.2 Å². The van der Waals surface area contributed by atoms with Crippen LogP contribution in [-0.2, 0) is 4.79 Å². The van der Waals surface area contributed by atoms with Crippen LogP contribution in [0.2, 0.25) is 0 Å². The average molecular weight is 266 g/mol. The lowest BCUT2D eigenvalue weighted by atomic mass is 10.0. The van der Waals surface area contributed by atoms with E-state index in [1.54, 1.807) is 33.5 Å². The predicted molar refractivity (Wildman–Crippen MR) is 69.9 cm³/mol. The Labute approximate surface area is 112 Å². The fourth-order valence-corrected chi connectivity index (χ4v) is 2.13. The molecule has 0 saturated carbocycles. The smallest absolute Gasteiger partial charge is 0.241 e. The first-order valence-corrected chi connectivity index (χ1v) is 6.02. The Morgan fingerprint density at radius 1 is 1.00 bits per heavy atom. The van der Waals surface area contributed by atoms with Crippen molar-refractivity contribution in [3.8, 4) is 17.2 Å². The summed E-state index contributed by atoms with van der Waals surface area (Å²) in [5, 5.41) is 5.98. The van der Waals surface area contributed by atoms with Crippen LogP contribution < -0.4 is 24.8 Å². The third-order valence-electron chi connectivity index (χ3n) is 3.08. The normalized spacial score (nSPS) is 18.7. The maximum atomic E-state index is 11.9. The van der Waals surface area contributed by atoms with Gasteiger partial charge in [0, 0.05) is 24.7 Å². The van der Waals surface area contributed by atoms with Crippen LogP contribution in [0.4, 0.5) is 0 Å². The quantitative estimate of drug-likeness (QED) is 0.829. The Morgan fingerprint density at radius 2 is 1.63 bits per heavy atom. The highest BCUT2D eigenvalue weighted by Crippen LogP contribution is 2.37. The predicted octanol–water partition coefficient (Wildman–Crippen LogP) is 0.473. The van der Waals surface area contributed by atoms with Crippen molar-refractivity contribution in [1.82, 2.24) is 10.6 Å². The molecule has 1 aromatic rings. The fourth-order valence-electron chi connectivity index (χ4n) is 2.13. The monoisotopic (exact) mass is 266 g/mol. The Bertz CT molecular complexity index is 476. The largest absolute Gasteiger partial charge is 0.496 e. The molecule has 6 nitrogen and oxygen atoms in total.